The summed E-state index contributed by atoms with van der Waals surface area (Å²) in [5.74, 6) is -0.684. The minimum atomic E-state index is -0.382. The first kappa shape index (κ1) is 18.1. The molecule has 0 unspecified atom stereocenters. The highest BCUT2D eigenvalue weighted by Gasteiger charge is 2.11. The van der Waals surface area contributed by atoms with E-state index in [1.54, 1.807) is 19.1 Å². The number of pyridine rings is 1. The SMILES string of the molecule is Cc1cc(C)c2c(=O)[nH]c(SCC(=O)Nc3ccc(C)c(F)c3)nc2n1. The summed E-state index contributed by atoms with van der Waals surface area (Å²) in [4.78, 5) is 35.6. The Morgan fingerprint density at radius 2 is 1.96 bits per heavy atom. The third-order valence-corrected chi connectivity index (χ3v) is 4.65. The Bertz CT molecular complexity index is 1060. The van der Waals surface area contributed by atoms with E-state index >= 15 is 0 Å². The molecular weight excluding hydrogens is 355 g/mol. The van der Waals surface area contributed by atoms with E-state index in [0.29, 0.717) is 27.4 Å². The van der Waals surface area contributed by atoms with Crippen molar-refractivity contribution >= 4 is 34.4 Å². The molecule has 3 rings (SSSR count). The Kier molecular flexibility index (Phi) is 5.03. The molecule has 0 aliphatic heterocycles. The van der Waals surface area contributed by atoms with Gasteiger partial charge < -0.3 is 10.3 Å². The number of thioether (sulfide) groups is 1. The molecule has 8 heteroatoms. The highest BCUT2D eigenvalue weighted by Crippen LogP contribution is 2.18. The number of benzene rings is 1. The van der Waals surface area contributed by atoms with Crippen LogP contribution in [-0.2, 0) is 4.79 Å². The minimum Gasteiger partial charge on any atom is -0.325 e. The summed E-state index contributed by atoms with van der Waals surface area (Å²) in [5, 5.41) is 3.37. The summed E-state index contributed by atoms with van der Waals surface area (Å²) in [6.07, 6.45) is 0. The fraction of sp³-hybridized carbons (Fsp3) is 0.222. The van der Waals surface area contributed by atoms with Gasteiger partial charge in [0.05, 0.1) is 11.1 Å². The molecule has 0 atom stereocenters. The Hall–Kier alpha value is -2.74. The summed E-state index contributed by atoms with van der Waals surface area (Å²) >= 11 is 1.08. The number of nitrogens with zero attached hydrogens (tertiary/aromatic N) is 2. The smallest absolute Gasteiger partial charge is 0.261 e. The molecule has 0 saturated carbocycles. The van der Waals surface area contributed by atoms with Crippen LogP contribution in [0.1, 0.15) is 16.8 Å². The van der Waals surface area contributed by atoms with Gasteiger partial charge in [-0.3, -0.25) is 9.59 Å². The first-order chi connectivity index (χ1) is 12.3. The number of carbonyl (C=O) groups excluding carboxylic acids is 1. The van der Waals surface area contributed by atoms with Gasteiger partial charge in [0, 0.05) is 11.4 Å². The zero-order valence-corrected chi connectivity index (χ0v) is 15.3. The van der Waals surface area contributed by atoms with E-state index in [1.807, 2.05) is 19.9 Å². The lowest BCUT2D eigenvalue weighted by Crippen LogP contribution is -2.16. The predicted molar refractivity (Wildman–Crippen MR) is 100 cm³/mol. The van der Waals surface area contributed by atoms with E-state index in [4.69, 9.17) is 0 Å². The van der Waals surface area contributed by atoms with Gasteiger partial charge in [-0.15, -0.1) is 0 Å². The highest BCUT2D eigenvalue weighted by atomic mass is 32.2. The number of fused-ring (bicyclic) bond motifs is 1. The largest absolute Gasteiger partial charge is 0.325 e. The summed E-state index contributed by atoms with van der Waals surface area (Å²) < 4.78 is 13.5. The molecule has 3 aromatic rings. The number of halogens is 1. The van der Waals surface area contributed by atoms with Gasteiger partial charge in [0.25, 0.3) is 5.56 Å². The van der Waals surface area contributed by atoms with Crippen LogP contribution in [0, 0.1) is 26.6 Å². The van der Waals surface area contributed by atoms with Gasteiger partial charge in [-0.1, -0.05) is 17.8 Å². The molecule has 0 aliphatic rings. The number of hydrogen-bond acceptors (Lipinski definition) is 5. The number of aromatic nitrogens is 3. The fourth-order valence-electron chi connectivity index (χ4n) is 2.53. The van der Waals surface area contributed by atoms with Crippen LogP contribution >= 0.6 is 11.8 Å². The van der Waals surface area contributed by atoms with Crippen molar-refractivity contribution in [2.45, 2.75) is 25.9 Å². The monoisotopic (exact) mass is 372 g/mol. The van der Waals surface area contributed by atoms with Gasteiger partial charge in [-0.05, 0) is 50.1 Å². The van der Waals surface area contributed by atoms with Crippen LogP contribution in [0.2, 0.25) is 0 Å². The first-order valence-corrected chi connectivity index (χ1v) is 8.89. The maximum absolute atomic E-state index is 13.5. The Morgan fingerprint density at radius 3 is 2.69 bits per heavy atom. The maximum atomic E-state index is 13.5. The molecule has 0 saturated heterocycles. The Balaban J connectivity index is 1.74. The lowest BCUT2D eigenvalue weighted by Gasteiger charge is -2.07. The maximum Gasteiger partial charge on any atom is 0.261 e. The normalized spacial score (nSPS) is 10.9. The van der Waals surface area contributed by atoms with E-state index in [9.17, 15) is 14.0 Å². The van der Waals surface area contributed by atoms with Crippen molar-refractivity contribution in [3.05, 3.63) is 57.3 Å². The summed E-state index contributed by atoms with van der Waals surface area (Å²) in [6.45, 7) is 5.31. The Morgan fingerprint density at radius 1 is 1.19 bits per heavy atom. The minimum absolute atomic E-state index is 0.0226. The van der Waals surface area contributed by atoms with Crippen molar-refractivity contribution in [1.29, 1.82) is 0 Å². The van der Waals surface area contributed by atoms with E-state index in [0.717, 1.165) is 23.0 Å². The average molecular weight is 372 g/mol. The van der Waals surface area contributed by atoms with Crippen LogP contribution in [-0.4, -0.2) is 26.6 Å². The van der Waals surface area contributed by atoms with Crippen LogP contribution in [0.25, 0.3) is 11.0 Å². The second-order valence-corrected chi connectivity index (χ2v) is 6.92. The van der Waals surface area contributed by atoms with Crippen molar-refractivity contribution in [3.63, 3.8) is 0 Å². The lowest BCUT2D eigenvalue weighted by molar-refractivity contribution is -0.113. The number of rotatable bonds is 4. The van der Waals surface area contributed by atoms with Crippen LogP contribution in [0.4, 0.5) is 10.1 Å². The lowest BCUT2D eigenvalue weighted by atomic mass is 10.2. The third kappa shape index (κ3) is 3.91. The van der Waals surface area contributed by atoms with Crippen molar-refractivity contribution in [2.75, 3.05) is 11.1 Å². The topological polar surface area (TPSA) is 87.7 Å². The molecule has 6 nitrogen and oxygen atoms in total. The quantitative estimate of drug-likeness (QED) is 0.543. The molecule has 2 N–H and O–H groups in total. The second-order valence-electron chi connectivity index (χ2n) is 5.95. The number of anilines is 1. The van der Waals surface area contributed by atoms with Crippen molar-refractivity contribution in [2.24, 2.45) is 0 Å². The molecule has 0 bridgehead atoms. The van der Waals surface area contributed by atoms with Gasteiger partial charge in [-0.25, -0.2) is 14.4 Å². The van der Waals surface area contributed by atoms with E-state index in [1.165, 1.54) is 6.07 Å². The molecule has 26 heavy (non-hydrogen) atoms. The van der Waals surface area contributed by atoms with Crippen LogP contribution in [0.15, 0.2) is 34.2 Å². The summed E-state index contributed by atoms with van der Waals surface area (Å²) in [5.41, 5.74) is 2.53. The van der Waals surface area contributed by atoms with E-state index < -0.39 is 0 Å². The molecule has 1 aromatic carbocycles. The van der Waals surface area contributed by atoms with Crippen LogP contribution < -0.4 is 10.9 Å². The van der Waals surface area contributed by atoms with Gasteiger partial charge in [0.1, 0.15) is 5.82 Å². The molecule has 0 fully saturated rings. The average Bonchev–Trinajstić information content (AvgIpc) is 2.55. The Labute approximate surface area is 153 Å². The number of aromatic amines is 1. The summed E-state index contributed by atoms with van der Waals surface area (Å²) in [6, 6.07) is 6.31. The number of H-pyrrole nitrogens is 1. The zero-order chi connectivity index (χ0) is 18.8. The van der Waals surface area contributed by atoms with Crippen molar-refractivity contribution in [3.8, 4) is 0 Å². The van der Waals surface area contributed by atoms with E-state index in [2.05, 4.69) is 20.3 Å². The standard InChI is InChI=1S/C18H17FN4O2S/c1-9-4-5-12(7-13(9)19)21-14(24)8-26-18-22-16-15(17(25)23-18)10(2)6-11(3)20-16/h4-7H,8H2,1-3H3,(H,21,24)(H,20,22,23,25). The van der Waals surface area contributed by atoms with Gasteiger partial charge in [0.15, 0.2) is 10.8 Å². The number of amides is 1. The van der Waals surface area contributed by atoms with Gasteiger partial charge >= 0.3 is 0 Å². The highest BCUT2D eigenvalue weighted by molar-refractivity contribution is 7.99. The number of hydrogen-bond donors (Lipinski definition) is 2. The molecule has 0 aliphatic carbocycles. The zero-order valence-electron chi connectivity index (χ0n) is 14.5. The number of nitrogens with one attached hydrogen (secondary N) is 2. The summed E-state index contributed by atoms with van der Waals surface area (Å²) in [7, 11) is 0. The molecule has 2 heterocycles. The molecule has 0 spiro atoms. The molecule has 1 amide bonds. The molecule has 0 radical (unpaired) electrons. The fourth-order valence-corrected chi connectivity index (χ4v) is 3.19. The third-order valence-electron chi connectivity index (χ3n) is 3.78. The molecule has 134 valence electrons. The van der Waals surface area contributed by atoms with Crippen LogP contribution in [0.5, 0.6) is 0 Å². The predicted octanol–water partition coefficient (Wildman–Crippen LogP) is 3.11. The number of aryl methyl sites for hydroxylation is 3. The van der Waals surface area contributed by atoms with Crippen LogP contribution in [0.3, 0.4) is 0 Å². The van der Waals surface area contributed by atoms with Gasteiger partial charge in [0.2, 0.25) is 5.91 Å². The first-order valence-electron chi connectivity index (χ1n) is 7.90. The van der Waals surface area contributed by atoms with E-state index in [-0.39, 0.29) is 23.0 Å². The molecule has 2 aromatic heterocycles. The molecular formula is C18H17FN4O2S. The number of carbonyl (C=O) groups is 1. The second kappa shape index (κ2) is 7.25. The van der Waals surface area contributed by atoms with Crippen molar-refractivity contribution < 1.29 is 9.18 Å². The van der Waals surface area contributed by atoms with Crippen molar-refractivity contribution in [1.82, 2.24) is 15.0 Å². The van der Waals surface area contributed by atoms with Gasteiger partial charge in [-0.2, -0.15) is 0 Å².